The topological polar surface area (TPSA) is 58.2 Å². The highest BCUT2D eigenvalue weighted by Crippen LogP contribution is 2.10. The summed E-state index contributed by atoms with van der Waals surface area (Å²) in [5, 5.41) is 5.59. The Hall–Kier alpha value is -2.88. The standard InChI is InChI=1S/C21H24N2O2/c1-16(2)20(24)22-13-6-14-23-21(25)19-11-9-18(10-12-19)15-17-7-4-3-5-8-17/h3-5,7-12H,1,6,13-15H2,2H3,(H,22,24)(H,23,25). The van der Waals surface area contributed by atoms with E-state index in [1.165, 1.54) is 11.1 Å². The number of benzene rings is 2. The van der Waals surface area contributed by atoms with Crippen LogP contribution in [0.15, 0.2) is 66.7 Å². The zero-order chi connectivity index (χ0) is 18.1. The van der Waals surface area contributed by atoms with E-state index in [2.05, 4.69) is 29.3 Å². The van der Waals surface area contributed by atoms with Gasteiger partial charge in [0.1, 0.15) is 0 Å². The van der Waals surface area contributed by atoms with Crippen molar-refractivity contribution in [3.8, 4) is 0 Å². The molecule has 0 aliphatic heterocycles. The third-order valence-electron chi connectivity index (χ3n) is 3.78. The van der Waals surface area contributed by atoms with Crippen LogP contribution < -0.4 is 10.6 Å². The van der Waals surface area contributed by atoms with Crippen molar-refractivity contribution in [1.29, 1.82) is 0 Å². The van der Waals surface area contributed by atoms with Crippen molar-refractivity contribution in [2.75, 3.05) is 13.1 Å². The molecule has 2 aromatic carbocycles. The van der Waals surface area contributed by atoms with E-state index in [0.29, 0.717) is 30.6 Å². The van der Waals surface area contributed by atoms with Gasteiger partial charge in [-0.15, -0.1) is 0 Å². The van der Waals surface area contributed by atoms with Crippen molar-refractivity contribution in [1.82, 2.24) is 10.6 Å². The lowest BCUT2D eigenvalue weighted by Gasteiger charge is -2.08. The predicted molar refractivity (Wildman–Crippen MR) is 100 cm³/mol. The van der Waals surface area contributed by atoms with Gasteiger partial charge in [-0.2, -0.15) is 0 Å². The molecule has 0 unspecified atom stereocenters. The van der Waals surface area contributed by atoms with E-state index in [9.17, 15) is 9.59 Å². The van der Waals surface area contributed by atoms with E-state index >= 15 is 0 Å². The highest BCUT2D eigenvalue weighted by Gasteiger charge is 2.05. The van der Waals surface area contributed by atoms with Gasteiger partial charge < -0.3 is 10.6 Å². The minimum absolute atomic E-state index is 0.0995. The molecule has 2 rings (SSSR count). The van der Waals surface area contributed by atoms with Crippen molar-refractivity contribution in [3.63, 3.8) is 0 Å². The number of carbonyl (C=O) groups excluding carboxylic acids is 2. The summed E-state index contributed by atoms with van der Waals surface area (Å²) in [6, 6.07) is 17.9. The highest BCUT2D eigenvalue weighted by molar-refractivity contribution is 5.94. The first-order chi connectivity index (χ1) is 12.1. The van der Waals surface area contributed by atoms with E-state index in [4.69, 9.17) is 0 Å². The van der Waals surface area contributed by atoms with Crippen LogP contribution in [0.25, 0.3) is 0 Å². The molecule has 2 amide bonds. The van der Waals surface area contributed by atoms with Crippen LogP contribution in [0.2, 0.25) is 0 Å². The van der Waals surface area contributed by atoms with Crippen LogP contribution in [0, 0.1) is 0 Å². The second-order valence-electron chi connectivity index (χ2n) is 6.00. The third-order valence-corrected chi connectivity index (χ3v) is 3.78. The number of hydrogen-bond donors (Lipinski definition) is 2. The van der Waals surface area contributed by atoms with Gasteiger partial charge in [-0.3, -0.25) is 9.59 Å². The minimum atomic E-state index is -0.152. The molecule has 0 aromatic heterocycles. The normalized spacial score (nSPS) is 10.1. The van der Waals surface area contributed by atoms with Crippen molar-refractivity contribution in [2.24, 2.45) is 0 Å². The summed E-state index contributed by atoms with van der Waals surface area (Å²) in [4.78, 5) is 23.4. The Morgan fingerprint density at radius 3 is 2.12 bits per heavy atom. The smallest absolute Gasteiger partial charge is 0.251 e. The van der Waals surface area contributed by atoms with Gasteiger partial charge in [-0.1, -0.05) is 49.0 Å². The predicted octanol–water partition coefficient (Wildman–Crippen LogP) is 3.09. The van der Waals surface area contributed by atoms with Crippen LogP contribution in [0.1, 0.15) is 34.8 Å². The average Bonchev–Trinajstić information content (AvgIpc) is 2.62. The minimum Gasteiger partial charge on any atom is -0.352 e. The highest BCUT2D eigenvalue weighted by atomic mass is 16.2. The van der Waals surface area contributed by atoms with E-state index in [-0.39, 0.29) is 11.8 Å². The van der Waals surface area contributed by atoms with Crippen molar-refractivity contribution >= 4 is 11.8 Å². The second kappa shape index (κ2) is 9.42. The summed E-state index contributed by atoms with van der Waals surface area (Å²) < 4.78 is 0. The van der Waals surface area contributed by atoms with Gasteiger partial charge in [0, 0.05) is 24.2 Å². The number of rotatable bonds is 8. The molecule has 0 saturated heterocycles. The molecule has 0 saturated carbocycles. The number of carbonyl (C=O) groups is 2. The molecule has 0 bridgehead atoms. The van der Waals surface area contributed by atoms with Crippen LogP contribution in [0.3, 0.4) is 0 Å². The first-order valence-corrected chi connectivity index (χ1v) is 8.41. The lowest BCUT2D eigenvalue weighted by atomic mass is 10.0. The van der Waals surface area contributed by atoms with Crippen molar-refractivity contribution in [3.05, 3.63) is 83.4 Å². The molecular weight excluding hydrogens is 312 g/mol. The maximum Gasteiger partial charge on any atom is 0.251 e. The second-order valence-corrected chi connectivity index (χ2v) is 6.00. The van der Waals surface area contributed by atoms with Crippen LogP contribution >= 0.6 is 0 Å². The van der Waals surface area contributed by atoms with E-state index < -0.39 is 0 Å². The zero-order valence-electron chi connectivity index (χ0n) is 14.5. The van der Waals surface area contributed by atoms with Gasteiger partial charge in [0.15, 0.2) is 0 Å². The maximum atomic E-state index is 12.1. The lowest BCUT2D eigenvalue weighted by Crippen LogP contribution is -2.30. The number of nitrogens with one attached hydrogen (secondary N) is 2. The Morgan fingerprint density at radius 1 is 0.880 bits per heavy atom. The van der Waals surface area contributed by atoms with Gasteiger partial charge in [0.2, 0.25) is 5.91 Å². The van der Waals surface area contributed by atoms with Crippen LogP contribution in [-0.4, -0.2) is 24.9 Å². The van der Waals surface area contributed by atoms with E-state index in [1.54, 1.807) is 6.92 Å². The van der Waals surface area contributed by atoms with E-state index in [1.807, 2.05) is 42.5 Å². The van der Waals surface area contributed by atoms with Crippen LogP contribution in [0.4, 0.5) is 0 Å². The zero-order valence-corrected chi connectivity index (χ0v) is 14.5. The molecule has 4 nitrogen and oxygen atoms in total. The fourth-order valence-corrected chi connectivity index (χ4v) is 2.35. The van der Waals surface area contributed by atoms with Gasteiger partial charge in [-0.05, 0) is 43.0 Å². The van der Waals surface area contributed by atoms with Gasteiger partial charge in [-0.25, -0.2) is 0 Å². The molecule has 0 aliphatic rings. The fraction of sp³-hybridized carbons (Fsp3) is 0.238. The molecule has 0 atom stereocenters. The van der Waals surface area contributed by atoms with Crippen LogP contribution in [0.5, 0.6) is 0 Å². The summed E-state index contributed by atoms with van der Waals surface area (Å²) in [6.45, 7) is 6.27. The molecule has 2 N–H and O–H groups in total. The van der Waals surface area contributed by atoms with Crippen molar-refractivity contribution in [2.45, 2.75) is 19.8 Å². The summed E-state index contributed by atoms with van der Waals surface area (Å²) in [7, 11) is 0. The summed E-state index contributed by atoms with van der Waals surface area (Å²) in [5.41, 5.74) is 3.55. The molecule has 0 fully saturated rings. The number of amides is 2. The molecule has 130 valence electrons. The van der Waals surface area contributed by atoms with Gasteiger partial charge in [0.05, 0.1) is 0 Å². The average molecular weight is 336 g/mol. The largest absolute Gasteiger partial charge is 0.352 e. The third kappa shape index (κ3) is 6.26. The maximum absolute atomic E-state index is 12.1. The van der Waals surface area contributed by atoms with E-state index in [0.717, 1.165) is 6.42 Å². The quantitative estimate of drug-likeness (QED) is 0.575. The Morgan fingerprint density at radius 2 is 1.48 bits per heavy atom. The summed E-state index contributed by atoms with van der Waals surface area (Å²) in [6.07, 6.45) is 1.53. The Kier molecular flexibility index (Phi) is 6.96. The molecule has 2 aromatic rings. The van der Waals surface area contributed by atoms with Gasteiger partial charge >= 0.3 is 0 Å². The lowest BCUT2D eigenvalue weighted by molar-refractivity contribution is -0.117. The Bertz CT molecular complexity index is 721. The summed E-state index contributed by atoms with van der Waals surface area (Å²) in [5.74, 6) is -0.252. The molecule has 25 heavy (non-hydrogen) atoms. The molecule has 4 heteroatoms. The Balaban J connectivity index is 1.75. The molecule has 0 heterocycles. The molecule has 0 spiro atoms. The first kappa shape index (κ1) is 18.5. The van der Waals surface area contributed by atoms with Crippen LogP contribution in [-0.2, 0) is 11.2 Å². The SMILES string of the molecule is C=C(C)C(=O)NCCCNC(=O)c1ccc(Cc2ccccc2)cc1. The molecular formula is C21H24N2O2. The summed E-state index contributed by atoms with van der Waals surface area (Å²) >= 11 is 0. The first-order valence-electron chi connectivity index (χ1n) is 8.41. The van der Waals surface area contributed by atoms with Gasteiger partial charge in [0.25, 0.3) is 5.91 Å². The van der Waals surface area contributed by atoms with Crippen molar-refractivity contribution < 1.29 is 9.59 Å². The fourth-order valence-electron chi connectivity index (χ4n) is 2.35. The molecule has 0 radical (unpaired) electrons. The molecule has 0 aliphatic carbocycles. The monoisotopic (exact) mass is 336 g/mol. The number of hydrogen-bond acceptors (Lipinski definition) is 2. The Labute approximate surface area is 149 Å².